The summed E-state index contributed by atoms with van der Waals surface area (Å²) in [6, 6.07) is 7.03. The summed E-state index contributed by atoms with van der Waals surface area (Å²) in [6.45, 7) is -6.44. The molecule has 13 nitrogen and oxygen atoms in total. The van der Waals surface area contributed by atoms with Crippen LogP contribution in [0, 0.1) is 11.8 Å². The molecule has 0 heterocycles. The van der Waals surface area contributed by atoms with Gasteiger partial charge < -0.3 is 42.6 Å². The molecule has 0 aliphatic rings. The summed E-state index contributed by atoms with van der Waals surface area (Å²) >= 11 is 0. The lowest BCUT2D eigenvalue weighted by molar-refractivity contribution is -0.355. The fourth-order valence-electron chi connectivity index (χ4n) is 5.46. The van der Waals surface area contributed by atoms with E-state index >= 15 is 0 Å². The van der Waals surface area contributed by atoms with Gasteiger partial charge in [0.15, 0.2) is 45.1 Å². The lowest BCUT2D eigenvalue weighted by Crippen LogP contribution is -2.51. The predicted octanol–water partition coefficient (Wildman–Crippen LogP) is 8.98. The van der Waals surface area contributed by atoms with Crippen LogP contribution >= 0.6 is 0 Å². The molecule has 0 fully saturated rings. The van der Waals surface area contributed by atoms with E-state index in [1.54, 1.807) is 6.92 Å². The van der Waals surface area contributed by atoms with Crippen LogP contribution in [0.2, 0.25) is 0 Å². The molecule has 7 unspecified atom stereocenters. The van der Waals surface area contributed by atoms with E-state index in [-0.39, 0.29) is 42.8 Å². The van der Waals surface area contributed by atoms with Gasteiger partial charge in [0.05, 0.1) is 73.6 Å². The molecule has 0 amide bonds. The molecule has 0 aromatic heterocycles. The fourth-order valence-corrected chi connectivity index (χ4v) is 8.64. The highest BCUT2D eigenvalue weighted by molar-refractivity contribution is 7.91. The van der Waals surface area contributed by atoms with E-state index in [1.807, 2.05) is 0 Å². The van der Waals surface area contributed by atoms with E-state index in [2.05, 4.69) is 23.7 Å². The minimum absolute atomic E-state index is 0.00282. The van der Waals surface area contributed by atoms with Gasteiger partial charge in [-0.2, -0.15) is 74.6 Å². The molecule has 0 spiro atoms. The van der Waals surface area contributed by atoms with Crippen LogP contribution in [-0.2, 0) is 52.8 Å². The summed E-state index contributed by atoms with van der Waals surface area (Å²) in [5.74, 6) is -13.0. The molecule has 418 valence electrons. The molecule has 0 aliphatic heterocycles. The summed E-state index contributed by atoms with van der Waals surface area (Å²) in [4.78, 5) is -0.677. The van der Waals surface area contributed by atoms with Crippen molar-refractivity contribution in [1.82, 2.24) is 0 Å². The first-order valence-corrected chi connectivity index (χ1v) is 23.9. The number of ether oxygens (including phenoxy) is 9. The molecule has 0 saturated carbocycles. The molecule has 2 aromatic rings. The molecule has 0 aliphatic carbocycles. The van der Waals surface area contributed by atoms with E-state index < -0.39 is 148 Å². The zero-order valence-electron chi connectivity index (χ0n) is 38.0. The molecule has 2 aromatic carbocycles. The zero-order valence-corrected chi connectivity index (χ0v) is 39.7. The highest BCUT2D eigenvalue weighted by atomic mass is 32.2. The molecular formula is C40H49F17O13S2. The number of benzene rings is 2. The van der Waals surface area contributed by atoms with E-state index in [1.165, 1.54) is 13.8 Å². The number of rotatable bonds is 31. The molecule has 0 bridgehead atoms. The Labute approximate surface area is 401 Å². The van der Waals surface area contributed by atoms with Gasteiger partial charge in [-0.25, -0.2) is 16.8 Å². The van der Waals surface area contributed by atoms with Gasteiger partial charge in [-0.05, 0) is 67.3 Å². The maximum atomic E-state index is 14.8. The van der Waals surface area contributed by atoms with Gasteiger partial charge in [-0.3, -0.25) is 0 Å². The van der Waals surface area contributed by atoms with E-state index in [0.717, 1.165) is 48.5 Å². The Morgan fingerprint density at radius 3 is 1.21 bits per heavy atom. The quantitative estimate of drug-likeness (QED) is 0.0523. The van der Waals surface area contributed by atoms with Gasteiger partial charge in [-0.15, -0.1) is 0 Å². The lowest BCUT2D eigenvalue weighted by Gasteiger charge is -2.30. The highest BCUT2D eigenvalue weighted by Gasteiger charge is 2.61. The van der Waals surface area contributed by atoms with E-state index in [4.69, 9.17) is 18.9 Å². The minimum Gasteiger partial charge on any atom is -0.487 e. The average molecular weight is 1120 g/mol. The Bertz CT molecular complexity index is 2140. The molecule has 0 N–H and O–H groups in total. The number of methoxy groups -OCH3 is 1. The van der Waals surface area contributed by atoms with Gasteiger partial charge in [-0.1, -0.05) is 13.8 Å². The molecule has 72 heavy (non-hydrogen) atoms. The van der Waals surface area contributed by atoms with Crippen LogP contribution in [0.4, 0.5) is 74.6 Å². The fraction of sp³-hybridized carbons (Fsp3) is 0.700. The van der Waals surface area contributed by atoms with Crippen molar-refractivity contribution in [3.05, 3.63) is 48.5 Å². The molecule has 32 heteroatoms. The molecule has 0 saturated heterocycles. The first kappa shape index (κ1) is 64.6. The lowest BCUT2D eigenvalue weighted by atomic mass is 10.2. The van der Waals surface area contributed by atoms with Crippen molar-refractivity contribution < 1.29 is 134 Å². The molecule has 7 atom stereocenters. The second-order valence-electron chi connectivity index (χ2n) is 15.9. The predicted molar refractivity (Wildman–Crippen MR) is 214 cm³/mol. The van der Waals surface area contributed by atoms with Crippen LogP contribution in [0.25, 0.3) is 0 Å². The SMILES string of the molecule is COC(COC(F)(COc1ccc(S(=O)(=O)CC(C)COC(C)COCCOCC(C)CS(=O)(=O)c2ccc(OCC(F)(OCC(OCC(F)(F)F)C(F)(F)F)C(F)(F)F)cc2)cc1)C(F)(F)F)C(F)(F)F. The largest absolute Gasteiger partial charge is 0.487 e. The van der Waals surface area contributed by atoms with Crippen molar-refractivity contribution in [2.75, 3.05) is 84.7 Å². The molecule has 0 radical (unpaired) electrons. The van der Waals surface area contributed by atoms with Crippen LogP contribution in [0.15, 0.2) is 58.3 Å². The van der Waals surface area contributed by atoms with Crippen LogP contribution < -0.4 is 9.47 Å². The third-order valence-corrected chi connectivity index (χ3v) is 13.2. The molecule has 2 rings (SSSR count). The summed E-state index contributed by atoms with van der Waals surface area (Å²) in [7, 11) is -7.59. The van der Waals surface area contributed by atoms with Gasteiger partial charge in [0, 0.05) is 7.11 Å². The molecular weight excluding hydrogens is 1080 g/mol. The average Bonchev–Trinajstić information content (AvgIpc) is 3.23. The highest BCUT2D eigenvalue weighted by Crippen LogP contribution is 2.39. The third kappa shape index (κ3) is 21.7. The van der Waals surface area contributed by atoms with Gasteiger partial charge >= 0.3 is 42.6 Å². The van der Waals surface area contributed by atoms with Gasteiger partial charge in [0.1, 0.15) is 18.1 Å². The van der Waals surface area contributed by atoms with Gasteiger partial charge in [0.2, 0.25) is 0 Å². The Balaban J connectivity index is 1.78. The smallest absolute Gasteiger partial charge is 0.452 e. The summed E-state index contributed by atoms with van der Waals surface area (Å²) in [5, 5.41) is 0. The zero-order chi connectivity index (χ0) is 55.2. The summed E-state index contributed by atoms with van der Waals surface area (Å²) < 4.78 is 317. The van der Waals surface area contributed by atoms with Crippen molar-refractivity contribution >= 4 is 19.7 Å². The summed E-state index contributed by atoms with van der Waals surface area (Å²) in [5.41, 5.74) is 0. The normalized spacial score (nSPS) is 17.3. The number of sulfone groups is 2. The number of halogens is 17. The second-order valence-corrected chi connectivity index (χ2v) is 20.0. The van der Waals surface area contributed by atoms with Crippen LogP contribution in [0.1, 0.15) is 20.8 Å². The standard InChI is InChI=1S/C40H49F17O13S2/c1-25(20-71(58,59)30-9-5-29(6-10-30)67-23-35(42,40(55,56)57)70-19-33(38(49,50)51)68-24-36(43,44)45)15-63-13-14-64-17-27(3)65-16-26(2)21-72(60,61)31-11-7-28(8-12-31)66-22-34(41,39(52,53)54)69-18-32(62-4)37(46,47)48/h5-12,25-27,32-33H,13-24H2,1-4H3. The minimum atomic E-state index is -6.06. The van der Waals surface area contributed by atoms with Crippen molar-refractivity contribution in [2.45, 2.75) is 91.5 Å². The third-order valence-electron chi connectivity index (χ3n) is 9.25. The van der Waals surface area contributed by atoms with Crippen LogP contribution in [0.5, 0.6) is 11.5 Å². The summed E-state index contributed by atoms with van der Waals surface area (Å²) in [6.07, 6.45) is -35.1. The van der Waals surface area contributed by atoms with Crippen LogP contribution in [-0.4, -0.2) is 162 Å². The van der Waals surface area contributed by atoms with E-state index in [0.29, 0.717) is 7.11 Å². The first-order chi connectivity index (χ1) is 32.7. The number of hydrogen-bond donors (Lipinski definition) is 0. The Hall–Kier alpha value is -3.53. The Kier molecular flexibility index (Phi) is 23.6. The Morgan fingerprint density at radius 1 is 0.472 bits per heavy atom. The number of hydrogen-bond acceptors (Lipinski definition) is 13. The monoisotopic (exact) mass is 1120 g/mol. The first-order valence-electron chi connectivity index (χ1n) is 20.6. The number of alkyl halides is 17. The van der Waals surface area contributed by atoms with E-state index in [9.17, 15) is 91.5 Å². The maximum Gasteiger partial charge on any atom is 0.452 e. The second kappa shape index (κ2) is 26.3. The Morgan fingerprint density at radius 2 is 0.847 bits per heavy atom. The van der Waals surface area contributed by atoms with Gasteiger partial charge in [0.25, 0.3) is 0 Å². The van der Waals surface area contributed by atoms with Crippen molar-refractivity contribution in [3.63, 3.8) is 0 Å². The van der Waals surface area contributed by atoms with Crippen molar-refractivity contribution in [2.24, 2.45) is 11.8 Å². The van der Waals surface area contributed by atoms with Crippen molar-refractivity contribution in [3.8, 4) is 11.5 Å². The van der Waals surface area contributed by atoms with Crippen molar-refractivity contribution in [1.29, 1.82) is 0 Å². The topological polar surface area (TPSA) is 151 Å². The van der Waals surface area contributed by atoms with Crippen LogP contribution in [0.3, 0.4) is 0 Å². The maximum absolute atomic E-state index is 14.8.